The Balaban J connectivity index is 1.27. The number of likely N-dealkylation sites (tertiary alicyclic amines) is 1. The first kappa shape index (κ1) is 25.8. The minimum atomic E-state index is -4.12. The number of piperidine rings is 2. The summed E-state index contributed by atoms with van der Waals surface area (Å²) < 4.78 is 38.7. The van der Waals surface area contributed by atoms with Crippen LogP contribution in [0.1, 0.15) is 31.2 Å². The lowest BCUT2D eigenvalue weighted by Crippen LogP contribution is -2.42. The van der Waals surface area contributed by atoms with Gasteiger partial charge in [-0.25, -0.2) is 5.06 Å². The quantitative estimate of drug-likeness (QED) is 0.437. The van der Waals surface area contributed by atoms with E-state index in [4.69, 9.17) is 0 Å². The smallest absolute Gasteiger partial charge is 0.372 e. The molecule has 1 atom stereocenters. The maximum absolute atomic E-state index is 12.9. The zero-order chi connectivity index (χ0) is 25.9. The number of alkyl halides is 3. The van der Waals surface area contributed by atoms with Crippen molar-refractivity contribution in [3.05, 3.63) is 54.1 Å². The van der Waals surface area contributed by atoms with Crippen molar-refractivity contribution in [2.75, 3.05) is 36.9 Å². The average Bonchev–Trinajstić information content (AvgIpc) is 2.86. The molecule has 0 radical (unpaired) electrons. The van der Waals surface area contributed by atoms with Gasteiger partial charge in [0.15, 0.2) is 0 Å². The molecule has 2 aliphatic rings. The van der Waals surface area contributed by atoms with Crippen molar-refractivity contribution >= 4 is 28.9 Å². The predicted octanol–water partition coefficient (Wildman–Crippen LogP) is 4.80. The summed E-state index contributed by atoms with van der Waals surface area (Å²) in [6.07, 6.45) is -3.25. The number of hydrogen-bond acceptors (Lipinski definition) is 5. The summed E-state index contributed by atoms with van der Waals surface area (Å²) in [4.78, 5) is 27.9. The van der Waals surface area contributed by atoms with Crippen molar-refractivity contribution in [3.63, 3.8) is 0 Å². The van der Waals surface area contributed by atoms with Crippen LogP contribution in [0.2, 0.25) is 0 Å². The monoisotopic (exact) mass is 504 g/mol. The van der Waals surface area contributed by atoms with Crippen LogP contribution in [-0.2, 0) is 16.1 Å². The van der Waals surface area contributed by atoms with Crippen molar-refractivity contribution in [3.8, 4) is 0 Å². The van der Waals surface area contributed by atoms with Gasteiger partial charge in [-0.1, -0.05) is 12.1 Å². The average molecular weight is 505 g/mol. The highest BCUT2D eigenvalue weighted by Gasteiger charge is 2.41. The summed E-state index contributed by atoms with van der Waals surface area (Å²) in [5.74, 6) is -2.25. The van der Waals surface area contributed by atoms with Crippen LogP contribution in [0.4, 0.5) is 30.2 Å². The lowest BCUT2D eigenvalue weighted by atomic mass is 9.95. The molecule has 10 heteroatoms. The Kier molecular flexibility index (Phi) is 7.73. The van der Waals surface area contributed by atoms with Gasteiger partial charge in [-0.05, 0) is 61.2 Å². The number of hydrogen-bond donors (Lipinski definition) is 2. The van der Waals surface area contributed by atoms with Gasteiger partial charge in [0.25, 0.3) is 0 Å². The third-order valence-corrected chi connectivity index (χ3v) is 7.03. The molecule has 2 aliphatic heterocycles. The van der Waals surface area contributed by atoms with Gasteiger partial charge in [-0.15, -0.1) is 0 Å². The van der Waals surface area contributed by atoms with E-state index in [0.29, 0.717) is 31.1 Å². The largest absolute Gasteiger partial charge is 0.391 e. The Morgan fingerprint density at radius 2 is 1.58 bits per heavy atom. The molecule has 0 saturated carbocycles. The van der Waals surface area contributed by atoms with E-state index >= 15 is 0 Å². The second kappa shape index (κ2) is 10.8. The summed E-state index contributed by atoms with van der Waals surface area (Å²) in [7, 11) is 1.70. The number of benzene rings is 2. The number of carbonyl (C=O) groups is 2. The molecule has 0 aromatic heterocycles. The summed E-state index contributed by atoms with van der Waals surface area (Å²) >= 11 is 0. The Labute approximate surface area is 208 Å². The first-order valence-electron chi connectivity index (χ1n) is 12.1. The Morgan fingerprint density at radius 1 is 1.00 bits per heavy atom. The van der Waals surface area contributed by atoms with Crippen molar-refractivity contribution in [1.82, 2.24) is 9.96 Å². The SMILES string of the molecule is CN1CCC(C(=O)N(O)Cc2ccc(Nc3ccc(N4CCC(C(F)(F)F)CC4)cc3)cc2)CC1=O. The van der Waals surface area contributed by atoms with E-state index in [9.17, 15) is 28.0 Å². The molecule has 2 amide bonds. The van der Waals surface area contributed by atoms with Crippen LogP contribution in [-0.4, -0.2) is 59.8 Å². The Bertz CT molecular complexity index is 1050. The maximum atomic E-state index is 12.9. The third kappa shape index (κ3) is 6.29. The zero-order valence-electron chi connectivity index (χ0n) is 20.2. The van der Waals surface area contributed by atoms with Crippen LogP contribution in [0.25, 0.3) is 0 Å². The van der Waals surface area contributed by atoms with Gasteiger partial charge in [0, 0.05) is 50.2 Å². The van der Waals surface area contributed by atoms with Gasteiger partial charge in [0.05, 0.1) is 18.4 Å². The molecule has 4 rings (SSSR count). The molecule has 7 nitrogen and oxygen atoms in total. The van der Waals surface area contributed by atoms with Gasteiger partial charge in [0.2, 0.25) is 11.8 Å². The molecule has 2 aromatic rings. The predicted molar refractivity (Wildman–Crippen MR) is 130 cm³/mol. The summed E-state index contributed by atoms with van der Waals surface area (Å²) in [5, 5.41) is 14.2. The van der Waals surface area contributed by atoms with Crippen LogP contribution in [0.15, 0.2) is 48.5 Å². The van der Waals surface area contributed by atoms with Crippen LogP contribution in [0.5, 0.6) is 0 Å². The van der Waals surface area contributed by atoms with E-state index in [1.54, 1.807) is 24.1 Å². The van der Waals surface area contributed by atoms with Crippen molar-refractivity contribution in [2.24, 2.45) is 11.8 Å². The van der Waals surface area contributed by atoms with Gasteiger partial charge >= 0.3 is 6.18 Å². The number of amides is 2. The number of carbonyl (C=O) groups excluding carboxylic acids is 2. The minimum Gasteiger partial charge on any atom is -0.372 e. The number of anilines is 3. The molecule has 0 bridgehead atoms. The van der Waals surface area contributed by atoms with Crippen molar-refractivity contribution < 1.29 is 28.0 Å². The summed E-state index contributed by atoms with van der Waals surface area (Å²) in [5.41, 5.74) is 3.29. The molecule has 194 valence electrons. The molecule has 36 heavy (non-hydrogen) atoms. The molecular formula is C26H31F3N4O3. The van der Waals surface area contributed by atoms with E-state index in [0.717, 1.165) is 22.6 Å². The van der Waals surface area contributed by atoms with Crippen LogP contribution < -0.4 is 10.2 Å². The highest BCUT2D eigenvalue weighted by Crippen LogP contribution is 2.35. The van der Waals surface area contributed by atoms with E-state index in [-0.39, 0.29) is 31.7 Å². The molecule has 2 heterocycles. The molecule has 0 spiro atoms. The highest BCUT2D eigenvalue weighted by molar-refractivity contribution is 5.86. The fraction of sp³-hybridized carbons (Fsp3) is 0.462. The second-order valence-electron chi connectivity index (χ2n) is 9.57. The summed E-state index contributed by atoms with van der Waals surface area (Å²) in [6, 6.07) is 14.8. The molecule has 2 fully saturated rings. The molecule has 0 aliphatic carbocycles. The van der Waals surface area contributed by atoms with Gasteiger partial charge < -0.3 is 15.1 Å². The lowest BCUT2D eigenvalue weighted by molar-refractivity contribution is -0.179. The standard InChI is InChI=1S/C26H31F3N4O3/c1-31-13-10-19(16-24(31)34)25(35)33(36)17-18-2-4-21(5-3-18)30-22-6-8-23(9-7-22)32-14-11-20(12-15-32)26(27,28)29/h2-9,19-20,30,36H,10-17H2,1H3. The Hall–Kier alpha value is -3.27. The van der Waals surface area contributed by atoms with E-state index in [1.165, 1.54) is 0 Å². The summed E-state index contributed by atoms with van der Waals surface area (Å²) in [6.45, 7) is 1.30. The van der Waals surface area contributed by atoms with Crippen molar-refractivity contribution in [1.29, 1.82) is 0 Å². The molecule has 2 aromatic carbocycles. The third-order valence-electron chi connectivity index (χ3n) is 7.03. The molecule has 1 unspecified atom stereocenters. The topological polar surface area (TPSA) is 76.1 Å². The Morgan fingerprint density at radius 3 is 2.14 bits per heavy atom. The normalized spacial score (nSPS) is 19.4. The second-order valence-corrected chi connectivity index (χ2v) is 9.57. The minimum absolute atomic E-state index is 0.0272. The number of halogens is 3. The van der Waals surface area contributed by atoms with Gasteiger partial charge in [-0.3, -0.25) is 14.8 Å². The fourth-order valence-corrected chi connectivity index (χ4v) is 4.70. The van der Waals surface area contributed by atoms with Crippen LogP contribution >= 0.6 is 0 Å². The van der Waals surface area contributed by atoms with Crippen LogP contribution in [0.3, 0.4) is 0 Å². The molecule has 2 saturated heterocycles. The van der Waals surface area contributed by atoms with Gasteiger partial charge in [-0.2, -0.15) is 13.2 Å². The lowest BCUT2D eigenvalue weighted by Gasteiger charge is -2.34. The van der Waals surface area contributed by atoms with Crippen molar-refractivity contribution in [2.45, 2.75) is 38.4 Å². The molecular weight excluding hydrogens is 473 g/mol. The van der Waals surface area contributed by atoms with E-state index in [2.05, 4.69) is 5.32 Å². The first-order chi connectivity index (χ1) is 17.1. The fourth-order valence-electron chi connectivity index (χ4n) is 4.70. The number of hydroxylamine groups is 2. The first-order valence-corrected chi connectivity index (χ1v) is 12.1. The zero-order valence-corrected chi connectivity index (χ0v) is 20.2. The molecule has 2 N–H and O–H groups in total. The van der Waals surface area contributed by atoms with Crippen LogP contribution in [0, 0.1) is 11.8 Å². The van der Waals surface area contributed by atoms with Gasteiger partial charge in [0.1, 0.15) is 0 Å². The maximum Gasteiger partial charge on any atom is 0.391 e. The van der Waals surface area contributed by atoms with E-state index < -0.39 is 23.9 Å². The number of rotatable bonds is 6. The van der Waals surface area contributed by atoms with E-state index in [1.807, 2.05) is 41.3 Å². The highest BCUT2D eigenvalue weighted by atomic mass is 19.4. The number of nitrogens with zero attached hydrogens (tertiary/aromatic N) is 3. The number of nitrogens with one attached hydrogen (secondary N) is 1.